The molecule has 114 valence electrons. The molecule has 2 heteroatoms. The van der Waals surface area contributed by atoms with Crippen LogP contribution in [-0.2, 0) is 5.60 Å². The molecule has 0 saturated carbocycles. The zero-order valence-corrected chi connectivity index (χ0v) is 12.9. The average molecular weight is 301 g/mol. The largest absolute Gasteiger partial charge is 0.381 e. The van der Waals surface area contributed by atoms with Crippen LogP contribution in [-0.4, -0.2) is 18.2 Å². The molecule has 0 atom stereocenters. The Morgan fingerprint density at radius 2 is 1.17 bits per heavy atom. The van der Waals surface area contributed by atoms with Crippen LogP contribution in [0, 0.1) is 0 Å². The van der Waals surface area contributed by atoms with Gasteiger partial charge in [0.25, 0.3) is 0 Å². The molecule has 1 fully saturated rings. The van der Waals surface area contributed by atoms with Gasteiger partial charge >= 0.3 is 0 Å². The van der Waals surface area contributed by atoms with E-state index in [-0.39, 0.29) is 0 Å². The maximum atomic E-state index is 10.8. The van der Waals surface area contributed by atoms with Crippen molar-refractivity contribution in [2.75, 3.05) is 18.0 Å². The summed E-state index contributed by atoms with van der Waals surface area (Å²) in [6.45, 7) is 1.28. The number of β-amino-alcohol motifs (C(OH)–C–C–N with tert-alkyl or cyclic N) is 1. The molecule has 0 amide bonds. The molecular formula is C21H19NO. The van der Waals surface area contributed by atoms with Gasteiger partial charge in [0.05, 0.1) is 13.1 Å². The van der Waals surface area contributed by atoms with Crippen LogP contribution in [0.15, 0.2) is 84.9 Å². The second-order valence-electron chi connectivity index (χ2n) is 6.17. The van der Waals surface area contributed by atoms with Gasteiger partial charge in [0.1, 0.15) is 5.60 Å². The molecular weight excluding hydrogens is 282 g/mol. The van der Waals surface area contributed by atoms with E-state index in [1.54, 1.807) is 0 Å². The first-order valence-electron chi connectivity index (χ1n) is 7.93. The topological polar surface area (TPSA) is 23.5 Å². The number of hydrogen-bond donors (Lipinski definition) is 1. The first kappa shape index (κ1) is 14.0. The second kappa shape index (κ2) is 5.56. The minimum absolute atomic E-state index is 0.641. The average Bonchev–Trinajstić information content (AvgIpc) is 2.61. The molecule has 3 aromatic carbocycles. The standard InChI is InChI=1S/C21H19NO/c23-21(15-22(16-21)20-9-5-2-6-10-20)19-13-11-18(12-14-19)17-7-3-1-4-8-17/h1-14,23H,15-16H2. The van der Waals surface area contributed by atoms with Gasteiger partial charge in [-0.1, -0.05) is 72.8 Å². The van der Waals surface area contributed by atoms with E-state index in [1.807, 2.05) is 48.5 Å². The quantitative estimate of drug-likeness (QED) is 0.788. The number of benzene rings is 3. The van der Waals surface area contributed by atoms with E-state index in [9.17, 15) is 5.11 Å². The van der Waals surface area contributed by atoms with E-state index in [1.165, 1.54) is 11.1 Å². The number of rotatable bonds is 3. The molecule has 3 aromatic rings. The van der Waals surface area contributed by atoms with Crippen molar-refractivity contribution in [2.45, 2.75) is 5.60 Å². The summed E-state index contributed by atoms with van der Waals surface area (Å²) >= 11 is 0. The highest BCUT2D eigenvalue weighted by Crippen LogP contribution is 2.36. The Balaban J connectivity index is 1.51. The van der Waals surface area contributed by atoms with Crippen LogP contribution >= 0.6 is 0 Å². The predicted molar refractivity (Wildman–Crippen MR) is 94.4 cm³/mol. The molecule has 2 nitrogen and oxygen atoms in total. The molecule has 0 unspecified atom stereocenters. The smallest absolute Gasteiger partial charge is 0.124 e. The second-order valence-corrected chi connectivity index (χ2v) is 6.17. The van der Waals surface area contributed by atoms with Gasteiger partial charge in [-0.05, 0) is 28.8 Å². The maximum absolute atomic E-state index is 10.8. The van der Waals surface area contributed by atoms with E-state index in [0.717, 1.165) is 11.3 Å². The van der Waals surface area contributed by atoms with Crippen molar-refractivity contribution in [1.82, 2.24) is 0 Å². The Bertz CT molecular complexity index is 775. The fourth-order valence-corrected chi connectivity index (χ4v) is 3.19. The third-order valence-corrected chi connectivity index (χ3v) is 4.56. The lowest BCUT2D eigenvalue weighted by Crippen LogP contribution is -2.59. The summed E-state index contributed by atoms with van der Waals surface area (Å²) in [4.78, 5) is 2.20. The highest BCUT2D eigenvalue weighted by molar-refractivity contribution is 5.64. The van der Waals surface area contributed by atoms with Gasteiger partial charge in [0, 0.05) is 5.69 Å². The summed E-state index contributed by atoms with van der Waals surface area (Å²) in [6, 6.07) is 28.8. The van der Waals surface area contributed by atoms with Crippen LogP contribution in [0.5, 0.6) is 0 Å². The minimum Gasteiger partial charge on any atom is -0.381 e. The van der Waals surface area contributed by atoms with E-state index in [0.29, 0.717) is 13.1 Å². The zero-order chi connectivity index (χ0) is 15.7. The summed E-state index contributed by atoms with van der Waals surface area (Å²) < 4.78 is 0. The molecule has 0 aromatic heterocycles. The first-order chi connectivity index (χ1) is 11.2. The highest BCUT2D eigenvalue weighted by Gasteiger charge is 2.42. The van der Waals surface area contributed by atoms with E-state index >= 15 is 0 Å². The summed E-state index contributed by atoms with van der Waals surface area (Å²) in [5.74, 6) is 0. The van der Waals surface area contributed by atoms with Crippen LogP contribution in [0.3, 0.4) is 0 Å². The van der Waals surface area contributed by atoms with E-state index in [4.69, 9.17) is 0 Å². The Hall–Kier alpha value is -2.58. The van der Waals surface area contributed by atoms with Crippen LogP contribution in [0.4, 0.5) is 5.69 Å². The van der Waals surface area contributed by atoms with Crippen molar-refractivity contribution >= 4 is 5.69 Å². The van der Waals surface area contributed by atoms with Crippen molar-refractivity contribution in [2.24, 2.45) is 0 Å². The Morgan fingerprint density at radius 1 is 0.652 bits per heavy atom. The number of hydrogen-bond acceptors (Lipinski definition) is 2. The zero-order valence-electron chi connectivity index (χ0n) is 12.9. The van der Waals surface area contributed by atoms with Crippen molar-refractivity contribution in [3.8, 4) is 11.1 Å². The minimum atomic E-state index is -0.745. The van der Waals surface area contributed by atoms with Crippen LogP contribution in [0.25, 0.3) is 11.1 Å². The van der Waals surface area contributed by atoms with Crippen molar-refractivity contribution in [1.29, 1.82) is 0 Å². The molecule has 4 rings (SSSR count). The lowest BCUT2D eigenvalue weighted by molar-refractivity contribution is 0.00756. The molecule has 1 N–H and O–H groups in total. The van der Waals surface area contributed by atoms with Crippen molar-refractivity contribution in [3.63, 3.8) is 0 Å². The summed E-state index contributed by atoms with van der Waals surface area (Å²) in [6.07, 6.45) is 0. The van der Waals surface area contributed by atoms with Gasteiger partial charge < -0.3 is 10.0 Å². The molecule has 0 spiro atoms. The first-order valence-corrected chi connectivity index (χ1v) is 7.93. The highest BCUT2D eigenvalue weighted by atomic mass is 16.3. The van der Waals surface area contributed by atoms with Gasteiger partial charge in [0.2, 0.25) is 0 Å². The molecule has 1 aliphatic rings. The third kappa shape index (κ3) is 2.62. The van der Waals surface area contributed by atoms with Gasteiger partial charge in [-0.2, -0.15) is 0 Å². The number of para-hydroxylation sites is 1. The fraction of sp³-hybridized carbons (Fsp3) is 0.143. The van der Waals surface area contributed by atoms with Gasteiger partial charge in [-0.3, -0.25) is 0 Å². The summed E-state index contributed by atoms with van der Waals surface area (Å²) in [5, 5.41) is 10.8. The normalized spacial score (nSPS) is 16.0. The van der Waals surface area contributed by atoms with Crippen molar-refractivity contribution in [3.05, 3.63) is 90.5 Å². The molecule has 1 saturated heterocycles. The molecule has 23 heavy (non-hydrogen) atoms. The number of nitrogens with zero attached hydrogens (tertiary/aromatic N) is 1. The maximum Gasteiger partial charge on any atom is 0.124 e. The molecule has 0 radical (unpaired) electrons. The van der Waals surface area contributed by atoms with E-state index in [2.05, 4.69) is 41.3 Å². The molecule has 1 aliphatic heterocycles. The van der Waals surface area contributed by atoms with Crippen molar-refractivity contribution < 1.29 is 5.11 Å². The SMILES string of the molecule is OC1(c2ccc(-c3ccccc3)cc2)CN(c2ccccc2)C1. The van der Waals surface area contributed by atoms with Gasteiger partial charge in [0.15, 0.2) is 0 Å². The molecule has 0 bridgehead atoms. The fourth-order valence-electron chi connectivity index (χ4n) is 3.19. The number of aliphatic hydroxyl groups is 1. The predicted octanol–water partition coefficient (Wildman–Crippen LogP) is 4.06. The van der Waals surface area contributed by atoms with Gasteiger partial charge in [-0.25, -0.2) is 0 Å². The Labute approximate surface area is 136 Å². The molecule has 1 heterocycles. The summed E-state index contributed by atoms with van der Waals surface area (Å²) in [7, 11) is 0. The monoisotopic (exact) mass is 301 g/mol. The third-order valence-electron chi connectivity index (χ3n) is 4.56. The van der Waals surface area contributed by atoms with Crippen LogP contribution < -0.4 is 4.90 Å². The van der Waals surface area contributed by atoms with E-state index < -0.39 is 5.60 Å². The Morgan fingerprint density at radius 3 is 1.78 bits per heavy atom. The lowest BCUT2D eigenvalue weighted by Gasteiger charge is -2.48. The molecule has 0 aliphatic carbocycles. The Kier molecular flexibility index (Phi) is 3.40. The van der Waals surface area contributed by atoms with Crippen LogP contribution in [0.1, 0.15) is 5.56 Å². The van der Waals surface area contributed by atoms with Crippen LogP contribution in [0.2, 0.25) is 0 Å². The lowest BCUT2D eigenvalue weighted by atomic mass is 9.85. The van der Waals surface area contributed by atoms with Gasteiger partial charge in [-0.15, -0.1) is 0 Å². The number of anilines is 1. The summed E-state index contributed by atoms with van der Waals surface area (Å²) in [5.41, 5.74) is 3.79.